The van der Waals surface area contributed by atoms with Crippen LogP contribution in [0.2, 0.25) is 5.02 Å². The van der Waals surface area contributed by atoms with Gasteiger partial charge in [0.1, 0.15) is 5.52 Å². The highest BCUT2D eigenvalue weighted by atomic mass is 35.5. The topological polar surface area (TPSA) is 64.6 Å². The van der Waals surface area contributed by atoms with Crippen molar-refractivity contribution in [2.24, 2.45) is 0 Å². The largest absolute Gasteiger partial charge is 0.454 e. The number of fused-ring (bicyclic) bond motifs is 2. The molecule has 0 N–H and O–H groups in total. The molecule has 0 saturated carbocycles. The van der Waals surface area contributed by atoms with Crippen LogP contribution in [0.15, 0.2) is 66.9 Å². The third kappa shape index (κ3) is 4.10. The Kier molecular flexibility index (Phi) is 5.28. The summed E-state index contributed by atoms with van der Waals surface area (Å²) in [5.74, 6) is 1.16. The monoisotopic (exact) mass is 449 g/mol. The van der Waals surface area contributed by atoms with Gasteiger partial charge < -0.3 is 9.47 Å². The average Bonchev–Trinajstić information content (AvgIpc) is 3.44. The van der Waals surface area contributed by atoms with Crippen molar-refractivity contribution >= 4 is 50.3 Å². The number of hydrogen-bond donors (Lipinski definition) is 0. The molecule has 0 fully saturated rings. The lowest BCUT2D eigenvalue weighted by atomic mass is 10.2. The zero-order valence-electron chi connectivity index (χ0n) is 16.2. The van der Waals surface area contributed by atoms with Crippen molar-refractivity contribution in [3.8, 4) is 11.5 Å². The molecule has 2 aromatic heterocycles. The molecule has 0 unspecified atom stereocenters. The molecule has 0 aliphatic carbocycles. The van der Waals surface area contributed by atoms with Gasteiger partial charge in [-0.05, 0) is 48.0 Å². The standard InChI is InChI=1S/C23H16ClN3O3S/c24-17-5-3-6-20-22(17)26-23(31-20)27(13-16-4-1-2-11-25-16)21(28)10-8-15-7-9-18-19(12-15)30-14-29-18/h1-12H,13-14H2/b10-8+. The van der Waals surface area contributed by atoms with Gasteiger partial charge in [0.2, 0.25) is 6.79 Å². The first-order chi connectivity index (χ1) is 15.2. The molecule has 0 saturated heterocycles. The molecule has 4 aromatic rings. The van der Waals surface area contributed by atoms with Crippen molar-refractivity contribution in [2.75, 3.05) is 11.7 Å². The molecule has 6 nitrogen and oxygen atoms in total. The molecule has 1 amide bonds. The molecule has 1 aliphatic rings. The van der Waals surface area contributed by atoms with E-state index in [-0.39, 0.29) is 12.7 Å². The molecule has 0 spiro atoms. The second-order valence-corrected chi connectivity index (χ2v) is 8.19. The number of carbonyl (C=O) groups is 1. The lowest BCUT2D eigenvalue weighted by Gasteiger charge is -2.17. The lowest BCUT2D eigenvalue weighted by Crippen LogP contribution is -2.29. The minimum atomic E-state index is -0.210. The molecule has 3 heterocycles. The number of pyridine rings is 1. The Morgan fingerprint density at radius 3 is 2.87 bits per heavy atom. The van der Waals surface area contributed by atoms with Gasteiger partial charge in [-0.1, -0.05) is 41.1 Å². The van der Waals surface area contributed by atoms with Gasteiger partial charge in [0.25, 0.3) is 5.91 Å². The second-order valence-electron chi connectivity index (χ2n) is 6.77. The van der Waals surface area contributed by atoms with Crippen LogP contribution in [0.1, 0.15) is 11.3 Å². The van der Waals surface area contributed by atoms with Crippen molar-refractivity contribution in [1.82, 2.24) is 9.97 Å². The van der Waals surface area contributed by atoms with Crippen LogP contribution >= 0.6 is 22.9 Å². The quantitative estimate of drug-likeness (QED) is 0.386. The Hall–Kier alpha value is -3.42. The third-order valence-electron chi connectivity index (χ3n) is 4.72. The van der Waals surface area contributed by atoms with E-state index in [0.717, 1.165) is 16.0 Å². The van der Waals surface area contributed by atoms with E-state index in [9.17, 15) is 4.79 Å². The fourth-order valence-corrected chi connectivity index (χ4v) is 4.46. The van der Waals surface area contributed by atoms with Crippen molar-refractivity contribution in [2.45, 2.75) is 6.54 Å². The number of carbonyl (C=O) groups excluding carboxylic acids is 1. The van der Waals surface area contributed by atoms with Gasteiger partial charge in [0, 0.05) is 12.3 Å². The van der Waals surface area contributed by atoms with E-state index < -0.39 is 0 Å². The Bertz CT molecular complexity index is 1290. The fraction of sp³-hybridized carbons (Fsp3) is 0.0870. The number of benzene rings is 2. The molecule has 2 aromatic carbocycles. The third-order valence-corrected chi connectivity index (χ3v) is 6.07. The number of ether oxygens (including phenoxy) is 2. The van der Waals surface area contributed by atoms with E-state index in [1.807, 2.05) is 48.5 Å². The number of anilines is 1. The molecule has 8 heteroatoms. The number of aromatic nitrogens is 2. The van der Waals surface area contributed by atoms with Crippen LogP contribution in [0.25, 0.3) is 16.3 Å². The Morgan fingerprint density at radius 2 is 2.03 bits per heavy atom. The van der Waals surface area contributed by atoms with Crippen molar-refractivity contribution < 1.29 is 14.3 Å². The maximum absolute atomic E-state index is 13.2. The Balaban J connectivity index is 1.47. The zero-order valence-corrected chi connectivity index (χ0v) is 17.8. The average molecular weight is 450 g/mol. The first-order valence-corrected chi connectivity index (χ1v) is 10.7. The van der Waals surface area contributed by atoms with E-state index in [2.05, 4.69) is 9.97 Å². The summed E-state index contributed by atoms with van der Waals surface area (Å²) < 4.78 is 11.7. The zero-order chi connectivity index (χ0) is 21.2. The number of halogens is 1. The molecular weight excluding hydrogens is 434 g/mol. The summed E-state index contributed by atoms with van der Waals surface area (Å²) in [7, 11) is 0. The summed E-state index contributed by atoms with van der Waals surface area (Å²) in [4.78, 5) is 23.8. The highest BCUT2D eigenvalue weighted by Gasteiger charge is 2.20. The van der Waals surface area contributed by atoms with E-state index in [1.54, 1.807) is 23.2 Å². The van der Waals surface area contributed by atoms with E-state index in [0.29, 0.717) is 33.7 Å². The van der Waals surface area contributed by atoms with Crippen molar-refractivity contribution in [3.63, 3.8) is 0 Å². The van der Waals surface area contributed by atoms with Gasteiger partial charge in [0.15, 0.2) is 16.6 Å². The molecule has 0 bridgehead atoms. The number of rotatable bonds is 5. The molecular formula is C23H16ClN3O3S. The number of para-hydroxylation sites is 1. The van der Waals surface area contributed by atoms with Gasteiger partial charge in [-0.2, -0.15) is 0 Å². The molecule has 31 heavy (non-hydrogen) atoms. The van der Waals surface area contributed by atoms with Crippen LogP contribution in [0, 0.1) is 0 Å². The van der Waals surface area contributed by atoms with Crippen molar-refractivity contribution in [1.29, 1.82) is 0 Å². The summed E-state index contributed by atoms with van der Waals surface area (Å²) in [5.41, 5.74) is 2.28. The highest BCUT2D eigenvalue weighted by Crippen LogP contribution is 2.34. The molecule has 0 atom stereocenters. The van der Waals surface area contributed by atoms with Gasteiger partial charge in [0.05, 0.1) is 22.0 Å². The summed E-state index contributed by atoms with van der Waals surface area (Å²) in [5, 5.41) is 1.12. The fourth-order valence-electron chi connectivity index (χ4n) is 3.19. The van der Waals surface area contributed by atoms with Crippen LogP contribution in [0.4, 0.5) is 5.13 Å². The van der Waals surface area contributed by atoms with E-state index >= 15 is 0 Å². The van der Waals surface area contributed by atoms with Gasteiger partial charge in [-0.15, -0.1) is 0 Å². The maximum atomic E-state index is 13.2. The van der Waals surface area contributed by atoms with Crippen LogP contribution in [-0.2, 0) is 11.3 Å². The molecule has 5 rings (SSSR count). The minimum Gasteiger partial charge on any atom is -0.454 e. The predicted octanol–water partition coefficient (Wildman–Crippen LogP) is 5.32. The SMILES string of the molecule is O=C(/C=C/c1ccc2c(c1)OCO2)N(Cc1ccccn1)c1nc2c(Cl)cccc2s1. The second kappa shape index (κ2) is 8.37. The molecule has 1 aliphatic heterocycles. The van der Waals surface area contributed by atoms with Crippen LogP contribution in [0.3, 0.4) is 0 Å². The van der Waals surface area contributed by atoms with Crippen molar-refractivity contribution in [3.05, 3.63) is 83.2 Å². The summed E-state index contributed by atoms with van der Waals surface area (Å²) >= 11 is 7.71. The number of thiazole rings is 1. The number of hydrogen-bond acceptors (Lipinski definition) is 6. The Morgan fingerprint density at radius 1 is 1.13 bits per heavy atom. The van der Waals surface area contributed by atoms with Gasteiger partial charge in [-0.25, -0.2) is 4.98 Å². The maximum Gasteiger partial charge on any atom is 0.253 e. The van der Waals surface area contributed by atoms with Crippen LogP contribution in [-0.4, -0.2) is 22.7 Å². The van der Waals surface area contributed by atoms with Crippen LogP contribution < -0.4 is 14.4 Å². The summed E-state index contributed by atoms with van der Waals surface area (Å²) in [6.07, 6.45) is 4.97. The van der Waals surface area contributed by atoms with Crippen LogP contribution in [0.5, 0.6) is 11.5 Å². The van der Waals surface area contributed by atoms with E-state index in [1.165, 1.54) is 17.4 Å². The van der Waals surface area contributed by atoms with Gasteiger partial charge in [-0.3, -0.25) is 14.7 Å². The lowest BCUT2D eigenvalue weighted by molar-refractivity contribution is -0.114. The Labute approximate surface area is 187 Å². The summed E-state index contributed by atoms with van der Waals surface area (Å²) in [6, 6.07) is 16.7. The van der Waals surface area contributed by atoms with Gasteiger partial charge >= 0.3 is 0 Å². The van der Waals surface area contributed by atoms with E-state index in [4.69, 9.17) is 21.1 Å². The predicted molar refractivity (Wildman–Crippen MR) is 122 cm³/mol. The number of nitrogens with zero attached hydrogens (tertiary/aromatic N) is 3. The smallest absolute Gasteiger partial charge is 0.253 e. The molecule has 154 valence electrons. The first kappa shape index (κ1) is 19.5. The first-order valence-electron chi connectivity index (χ1n) is 9.51. The molecule has 0 radical (unpaired) electrons. The number of amides is 1. The minimum absolute atomic E-state index is 0.208. The highest BCUT2D eigenvalue weighted by molar-refractivity contribution is 7.22. The summed E-state index contributed by atoms with van der Waals surface area (Å²) in [6.45, 7) is 0.502. The normalized spacial score (nSPS) is 12.5.